The third-order valence-electron chi connectivity index (χ3n) is 4.93. The monoisotopic (exact) mass is 375 g/mol. The topological polar surface area (TPSA) is 76.1 Å². The highest BCUT2D eigenvalue weighted by Gasteiger charge is 2.30. The van der Waals surface area contributed by atoms with Gasteiger partial charge in [0.05, 0.1) is 17.0 Å². The van der Waals surface area contributed by atoms with Gasteiger partial charge in [-0.25, -0.2) is 0 Å². The van der Waals surface area contributed by atoms with Crippen molar-refractivity contribution in [2.45, 2.75) is 39.3 Å². The molecule has 0 bridgehead atoms. The Balaban J connectivity index is 1.61. The Hall–Kier alpha value is -1.99. The number of amides is 1. The van der Waals surface area contributed by atoms with Crippen molar-refractivity contribution in [3.8, 4) is 0 Å². The lowest BCUT2D eigenvalue weighted by atomic mass is 9.93. The second kappa shape index (κ2) is 8.14. The maximum Gasteiger partial charge on any atom is 0.262 e. The summed E-state index contributed by atoms with van der Waals surface area (Å²) in [5.74, 6) is 0.716. The number of aromatic amines is 1. The molecule has 1 aliphatic heterocycles. The molecule has 3 rings (SSSR count). The van der Waals surface area contributed by atoms with Gasteiger partial charge in [0.25, 0.3) is 5.56 Å². The van der Waals surface area contributed by atoms with Crippen LogP contribution in [0, 0.1) is 16.6 Å². The van der Waals surface area contributed by atoms with Crippen LogP contribution in [-0.2, 0) is 16.1 Å². The zero-order valence-corrected chi connectivity index (χ0v) is 16.0. The van der Waals surface area contributed by atoms with Crippen molar-refractivity contribution in [1.82, 2.24) is 14.9 Å². The van der Waals surface area contributed by atoms with Crippen LogP contribution in [0.4, 0.5) is 0 Å². The van der Waals surface area contributed by atoms with Crippen molar-refractivity contribution >= 4 is 29.0 Å². The molecule has 1 saturated heterocycles. The molecule has 2 atom stereocenters. The highest BCUT2D eigenvalue weighted by molar-refractivity contribution is 7.71. The molecule has 7 heteroatoms. The highest BCUT2D eigenvalue weighted by Crippen LogP contribution is 2.26. The number of benzene rings is 1. The van der Waals surface area contributed by atoms with Crippen LogP contribution in [0.1, 0.15) is 26.7 Å². The summed E-state index contributed by atoms with van der Waals surface area (Å²) in [7, 11) is 0. The maximum atomic E-state index is 12.6. The zero-order chi connectivity index (χ0) is 18.7. The maximum absolute atomic E-state index is 12.6. The second-order valence-corrected chi connectivity index (χ2v) is 7.50. The van der Waals surface area contributed by atoms with Crippen molar-refractivity contribution < 1.29 is 9.53 Å². The molecule has 0 radical (unpaired) electrons. The Morgan fingerprint density at radius 3 is 2.96 bits per heavy atom. The summed E-state index contributed by atoms with van der Waals surface area (Å²) in [5, 5.41) is 3.55. The third kappa shape index (κ3) is 4.04. The van der Waals surface area contributed by atoms with Gasteiger partial charge in [-0.05, 0) is 36.7 Å². The standard InChI is InChI=1S/C19H25N3O3S/c1-12(2)17-13(8-10-25-17)11-20-16(23)7-9-22-18(24)14-5-3-4-6-15(14)21-19(22)26/h3-6,12-13,17H,7-11H2,1-2H3,(H,20,23)(H,21,26)/t13-,17+/m1/s1. The molecule has 1 aromatic heterocycles. The number of H-pyrrole nitrogens is 1. The van der Waals surface area contributed by atoms with Crippen LogP contribution in [0.25, 0.3) is 10.9 Å². The molecular formula is C19H25N3O3S. The molecule has 0 unspecified atom stereocenters. The van der Waals surface area contributed by atoms with Crippen molar-refractivity contribution in [1.29, 1.82) is 0 Å². The van der Waals surface area contributed by atoms with Crippen LogP contribution < -0.4 is 10.9 Å². The van der Waals surface area contributed by atoms with Gasteiger partial charge in [-0.3, -0.25) is 14.2 Å². The molecule has 140 valence electrons. The smallest absolute Gasteiger partial charge is 0.262 e. The molecule has 2 aromatic rings. The van der Waals surface area contributed by atoms with Gasteiger partial charge < -0.3 is 15.0 Å². The van der Waals surface area contributed by atoms with Crippen molar-refractivity contribution in [2.75, 3.05) is 13.2 Å². The van der Waals surface area contributed by atoms with Gasteiger partial charge in [0.15, 0.2) is 4.77 Å². The van der Waals surface area contributed by atoms with Crippen LogP contribution >= 0.6 is 12.2 Å². The summed E-state index contributed by atoms with van der Waals surface area (Å²) in [6.45, 7) is 5.91. The summed E-state index contributed by atoms with van der Waals surface area (Å²) in [4.78, 5) is 27.8. The number of para-hydroxylation sites is 1. The predicted molar refractivity (Wildman–Crippen MR) is 104 cm³/mol. The first-order valence-corrected chi connectivity index (χ1v) is 9.48. The molecule has 0 aliphatic carbocycles. The van der Waals surface area contributed by atoms with E-state index in [2.05, 4.69) is 24.1 Å². The number of hydrogen-bond acceptors (Lipinski definition) is 4. The molecule has 2 N–H and O–H groups in total. The van der Waals surface area contributed by atoms with Crippen LogP contribution in [0.5, 0.6) is 0 Å². The van der Waals surface area contributed by atoms with Gasteiger partial charge in [0, 0.05) is 32.0 Å². The number of nitrogens with zero attached hydrogens (tertiary/aromatic N) is 1. The normalized spacial score (nSPS) is 20.0. The summed E-state index contributed by atoms with van der Waals surface area (Å²) >= 11 is 5.27. The van der Waals surface area contributed by atoms with E-state index in [1.807, 2.05) is 18.2 Å². The Labute approximate surface area is 157 Å². The largest absolute Gasteiger partial charge is 0.378 e. The number of rotatable bonds is 6. The average molecular weight is 375 g/mol. The van der Waals surface area contributed by atoms with Crippen LogP contribution in [0.2, 0.25) is 0 Å². The molecule has 26 heavy (non-hydrogen) atoms. The molecule has 1 amide bonds. The van der Waals surface area contributed by atoms with E-state index in [9.17, 15) is 9.59 Å². The van der Waals surface area contributed by atoms with Crippen LogP contribution in [0.3, 0.4) is 0 Å². The second-order valence-electron chi connectivity index (χ2n) is 7.11. The van der Waals surface area contributed by atoms with E-state index >= 15 is 0 Å². The first kappa shape index (κ1) is 18.8. The van der Waals surface area contributed by atoms with Gasteiger partial charge in [0.2, 0.25) is 5.91 Å². The lowest BCUT2D eigenvalue weighted by Crippen LogP contribution is -2.35. The number of aromatic nitrogens is 2. The third-order valence-corrected chi connectivity index (χ3v) is 5.26. The highest BCUT2D eigenvalue weighted by atomic mass is 32.1. The van der Waals surface area contributed by atoms with Crippen LogP contribution in [-0.4, -0.2) is 34.7 Å². The first-order valence-electron chi connectivity index (χ1n) is 9.07. The molecule has 1 fully saturated rings. The fraction of sp³-hybridized carbons (Fsp3) is 0.526. The molecule has 1 aromatic carbocycles. The number of fused-ring (bicyclic) bond motifs is 1. The Kier molecular flexibility index (Phi) is 5.88. The quantitative estimate of drug-likeness (QED) is 0.761. The van der Waals surface area contributed by atoms with Crippen molar-refractivity contribution in [3.05, 3.63) is 39.4 Å². The van der Waals surface area contributed by atoms with E-state index < -0.39 is 0 Å². The van der Waals surface area contributed by atoms with Gasteiger partial charge in [-0.15, -0.1) is 0 Å². The SMILES string of the molecule is CC(C)[C@@H]1OCC[C@@H]1CNC(=O)CCn1c(=S)[nH]c2ccccc2c1=O. The van der Waals surface area contributed by atoms with Gasteiger partial charge >= 0.3 is 0 Å². The predicted octanol–water partition coefficient (Wildman–Crippen LogP) is 2.63. The lowest BCUT2D eigenvalue weighted by molar-refractivity contribution is -0.121. The summed E-state index contributed by atoms with van der Waals surface area (Å²) in [6.07, 6.45) is 1.39. The summed E-state index contributed by atoms with van der Waals surface area (Å²) in [5.41, 5.74) is 0.547. The van der Waals surface area contributed by atoms with E-state index in [1.165, 1.54) is 4.57 Å². The van der Waals surface area contributed by atoms with E-state index in [0.29, 0.717) is 34.1 Å². The molecule has 0 spiro atoms. The summed E-state index contributed by atoms with van der Waals surface area (Å²) < 4.78 is 7.54. The van der Waals surface area contributed by atoms with E-state index in [-0.39, 0.29) is 30.5 Å². The molecule has 2 heterocycles. The Morgan fingerprint density at radius 1 is 1.42 bits per heavy atom. The first-order chi connectivity index (χ1) is 12.5. The van der Waals surface area contributed by atoms with E-state index in [0.717, 1.165) is 13.0 Å². The van der Waals surface area contributed by atoms with Crippen LogP contribution in [0.15, 0.2) is 29.1 Å². The summed E-state index contributed by atoms with van der Waals surface area (Å²) in [6, 6.07) is 7.23. The average Bonchev–Trinajstić information content (AvgIpc) is 3.08. The lowest BCUT2D eigenvalue weighted by Gasteiger charge is -2.22. The van der Waals surface area contributed by atoms with Crippen molar-refractivity contribution in [3.63, 3.8) is 0 Å². The number of ether oxygens (including phenoxy) is 1. The molecule has 6 nitrogen and oxygen atoms in total. The number of carbonyl (C=O) groups is 1. The van der Waals surface area contributed by atoms with E-state index in [4.69, 9.17) is 17.0 Å². The molecule has 0 saturated carbocycles. The molecule has 1 aliphatic rings. The fourth-order valence-corrected chi connectivity index (χ4v) is 3.84. The minimum Gasteiger partial charge on any atom is -0.378 e. The fourth-order valence-electron chi connectivity index (χ4n) is 3.56. The van der Waals surface area contributed by atoms with Gasteiger partial charge in [-0.2, -0.15) is 0 Å². The van der Waals surface area contributed by atoms with Gasteiger partial charge in [-0.1, -0.05) is 26.0 Å². The Morgan fingerprint density at radius 2 is 2.19 bits per heavy atom. The number of carbonyl (C=O) groups excluding carboxylic acids is 1. The number of hydrogen-bond donors (Lipinski definition) is 2. The minimum atomic E-state index is -0.166. The van der Waals surface area contributed by atoms with E-state index in [1.54, 1.807) is 6.07 Å². The van der Waals surface area contributed by atoms with Gasteiger partial charge in [0.1, 0.15) is 0 Å². The Bertz CT molecular complexity index is 903. The van der Waals surface area contributed by atoms with Crippen molar-refractivity contribution in [2.24, 2.45) is 11.8 Å². The zero-order valence-electron chi connectivity index (χ0n) is 15.2. The number of nitrogens with one attached hydrogen (secondary N) is 2. The minimum absolute atomic E-state index is 0.0751. The molecular weight excluding hydrogens is 350 g/mol.